The highest BCUT2D eigenvalue weighted by atomic mass is 19.2. The first-order valence-corrected chi connectivity index (χ1v) is 5.92. The molecule has 1 N–H and O–H groups in total. The fourth-order valence-corrected chi connectivity index (χ4v) is 2.41. The van der Waals surface area contributed by atoms with Gasteiger partial charge >= 0.3 is 5.97 Å². The topological polar surface area (TPSA) is 57.6 Å². The van der Waals surface area contributed by atoms with Gasteiger partial charge in [-0.25, -0.2) is 13.2 Å². The smallest absolute Gasteiger partial charge is 0.308 e. The molecule has 0 radical (unpaired) electrons. The maximum atomic E-state index is 13.8. The van der Waals surface area contributed by atoms with Crippen molar-refractivity contribution in [1.29, 1.82) is 0 Å². The van der Waals surface area contributed by atoms with E-state index in [0.29, 0.717) is 12.1 Å². The summed E-state index contributed by atoms with van der Waals surface area (Å²) in [6.07, 6.45) is -0.255. The Morgan fingerprint density at radius 3 is 2.45 bits per heavy atom. The van der Waals surface area contributed by atoms with E-state index in [9.17, 15) is 22.8 Å². The Labute approximate surface area is 112 Å². The Kier molecular flexibility index (Phi) is 3.69. The first kappa shape index (κ1) is 14.4. The minimum absolute atomic E-state index is 0.0999. The minimum Gasteiger partial charge on any atom is -0.481 e. The van der Waals surface area contributed by atoms with Gasteiger partial charge in [0.15, 0.2) is 11.6 Å². The van der Waals surface area contributed by atoms with Crippen LogP contribution >= 0.6 is 0 Å². The van der Waals surface area contributed by atoms with Crippen LogP contribution in [0.15, 0.2) is 12.1 Å². The summed E-state index contributed by atoms with van der Waals surface area (Å²) in [6.45, 7) is -0.0999. The summed E-state index contributed by atoms with van der Waals surface area (Å²) >= 11 is 0. The van der Waals surface area contributed by atoms with E-state index < -0.39 is 35.3 Å². The van der Waals surface area contributed by atoms with Crippen molar-refractivity contribution in [2.45, 2.75) is 12.3 Å². The van der Waals surface area contributed by atoms with Gasteiger partial charge in [-0.1, -0.05) is 0 Å². The van der Waals surface area contributed by atoms with Gasteiger partial charge in [0.05, 0.1) is 5.92 Å². The number of hydrogen-bond donors (Lipinski definition) is 1. The molecule has 1 amide bonds. The van der Waals surface area contributed by atoms with Gasteiger partial charge < -0.3 is 10.0 Å². The van der Waals surface area contributed by atoms with Gasteiger partial charge in [0.25, 0.3) is 0 Å². The number of likely N-dealkylation sites (tertiary alicyclic amines) is 1. The quantitative estimate of drug-likeness (QED) is 0.843. The van der Waals surface area contributed by atoms with Gasteiger partial charge in [-0.3, -0.25) is 9.59 Å². The van der Waals surface area contributed by atoms with Gasteiger partial charge in [-0.2, -0.15) is 0 Å². The molecule has 1 aromatic carbocycles. The third-order valence-corrected chi connectivity index (χ3v) is 3.53. The number of carboxylic acid groups (broad SMARTS) is 1. The van der Waals surface area contributed by atoms with Gasteiger partial charge in [0.1, 0.15) is 5.82 Å². The lowest BCUT2D eigenvalue weighted by molar-refractivity contribution is -0.147. The fourth-order valence-electron chi connectivity index (χ4n) is 2.41. The highest BCUT2D eigenvalue weighted by Gasteiger charge is 2.39. The van der Waals surface area contributed by atoms with Crippen LogP contribution in [0.4, 0.5) is 13.2 Å². The van der Waals surface area contributed by atoms with Crippen LogP contribution in [0.25, 0.3) is 0 Å². The molecule has 0 saturated carbocycles. The van der Waals surface area contributed by atoms with Gasteiger partial charge in [0, 0.05) is 32.0 Å². The van der Waals surface area contributed by atoms with E-state index in [1.165, 1.54) is 11.9 Å². The van der Waals surface area contributed by atoms with Crippen LogP contribution in [-0.2, 0) is 9.59 Å². The zero-order valence-electron chi connectivity index (χ0n) is 10.6. The molecule has 20 heavy (non-hydrogen) atoms. The second kappa shape index (κ2) is 5.15. The summed E-state index contributed by atoms with van der Waals surface area (Å²) in [5, 5.41) is 9.16. The zero-order chi connectivity index (χ0) is 15.0. The number of benzene rings is 1. The number of aliphatic carboxylic acids is 1. The van der Waals surface area contributed by atoms with Gasteiger partial charge in [-0.05, 0) is 11.6 Å². The molecule has 7 heteroatoms. The second-order valence-corrected chi connectivity index (χ2v) is 4.82. The lowest BCUT2D eigenvalue weighted by Crippen LogP contribution is -2.44. The van der Waals surface area contributed by atoms with Crippen LogP contribution in [0, 0.1) is 23.4 Å². The average Bonchev–Trinajstić information content (AvgIpc) is 2.36. The van der Waals surface area contributed by atoms with Gasteiger partial charge in [0.2, 0.25) is 5.91 Å². The number of carbonyl (C=O) groups excluding carboxylic acids is 1. The summed E-state index contributed by atoms with van der Waals surface area (Å²) in [6, 6.07) is 0.996. The standard InChI is InChI=1S/C13H12F3NO3/c1-17-5-8(13(19)20)6(3-12(17)18)7-2-10(15)11(16)4-9(7)14/h2,4,6,8H,3,5H2,1H3,(H,19,20)/t6-,8+/m0/s1. The van der Waals surface area contributed by atoms with Crippen LogP contribution in [-0.4, -0.2) is 35.5 Å². The van der Waals surface area contributed by atoms with Crippen molar-refractivity contribution in [2.24, 2.45) is 5.92 Å². The number of nitrogens with zero attached hydrogens (tertiary/aromatic N) is 1. The van der Waals surface area contributed by atoms with Crippen LogP contribution in [0.1, 0.15) is 17.9 Å². The van der Waals surface area contributed by atoms with E-state index in [1.54, 1.807) is 0 Å². The number of carbonyl (C=O) groups is 2. The van der Waals surface area contributed by atoms with Crippen molar-refractivity contribution in [3.8, 4) is 0 Å². The van der Waals surface area contributed by atoms with E-state index in [0.717, 1.165) is 0 Å². The Bertz CT molecular complexity index is 576. The van der Waals surface area contributed by atoms with Crippen molar-refractivity contribution in [3.63, 3.8) is 0 Å². The van der Waals surface area contributed by atoms with E-state index >= 15 is 0 Å². The number of carboxylic acids is 1. The summed E-state index contributed by atoms with van der Waals surface area (Å²) in [4.78, 5) is 24.1. The molecule has 1 heterocycles. The molecule has 108 valence electrons. The van der Waals surface area contributed by atoms with Crippen LogP contribution in [0.2, 0.25) is 0 Å². The van der Waals surface area contributed by atoms with Crippen LogP contribution in [0.3, 0.4) is 0 Å². The number of halogens is 3. The van der Waals surface area contributed by atoms with Crippen molar-refractivity contribution in [2.75, 3.05) is 13.6 Å². The van der Waals surface area contributed by atoms with Crippen LogP contribution in [0.5, 0.6) is 0 Å². The molecule has 2 atom stereocenters. The molecular weight excluding hydrogens is 275 g/mol. The summed E-state index contributed by atoms with van der Waals surface area (Å²) in [5.41, 5.74) is -0.280. The lowest BCUT2D eigenvalue weighted by Gasteiger charge is -2.34. The summed E-state index contributed by atoms with van der Waals surface area (Å²) in [7, 11) is 1.44. The Morgan fingerprint density at radius 1 is 1.25 bits per heavy atom. The van der Waals surface area contributed by atoms with Crippen molar-refractivity contribution in [3.05, 3.63) is 35.1 Å². The molecule has 1 fully saturated rings. The van der Waals surface area contributed by atoms with Crippen molar-refractivity contribution in [1.82, 2.24) is 4.90 Å². The summed E-state index contributed by atoms with van der Waals surface area (Å²) in [5.74, 6) is -7.30. The molecule has 0 unspecified atom stereocenters. The maximum absolute atomic E-state index is 13.8. The Balaban J connectivity index is 2.45. The molecule has 1 aromatic rings. The van der Waals surface area contributed by atoms with Crippen molar-refractivity contribution >= 4 is 11.9 Å². The predicted octanol–water partition coefficient (Wildman–Crippen LogP) is 1.75. The monoisotopic (exact) mass is 287 g/mol. The minimum atomic E-state index is -1.35. The largest absolute Gasteiger partial charge is 0.481 e. The number of hydrogen-bond acceptors (Lipinski definition) is 2. The molecule has 0 aromatic heterocycles. The van der Waals surface area contributed by atoms with Crippen LogP contribution < -0.4 is 0 Å². The molecular formula is C13H12F3NO3. The molecule has 0 aliphatic carbocycles. The number of piperidine rings is 1. The van der Waals surface area contributed by atoms with Gasteiger partial charge in [-0.15, -0.1) is 0 Å². The first-order valence-electron chi connectivity index (χ1n) is 5.92. The zero-order valence-corrected chi connectivity index (χ0v) is 10.6. The van der Waals surface area contributed by atoms with E-state index in [2.05, 4.69) is 0 Å². The third kappa shape index (κ3) is 2.48. The number of amides is 1. The highest BCUT2D eigenvalue weighted by Crippen LogP contribution is 2.35. The molecule has 0 bridgehead atoms. The van der Waals surface area contributed by atoms with Crippen molar-refractivity contribution < 1.29 is 27.9 Å². The maximum Gasteiger partial charge on any atom is 0.308 e. The lowest BCUT2D eigenvalue weighted by atomic mass is 9.80. The summed E-state index contributed by atoms with van der Waals surface area (Å²) < 4.78 is 39.9. The van der Waals surface area contributed by atoms with E-state index in [4.69, 9.17) is 5.11 Å². The molecule has 1 saturated heterocycles. The predicted molar refractivity (Wildman–Crippen MR) is 62.4 cm³/mol. The number of rotatable bonds is 2. The molecule has 2 rings (SSSR count). The Hall–Kier alpha value is -2.05. The average molecular weight is 287 g/mol. The molecule has 0 spiro atoms. The van der Waals surface area contributed by atoms with E-state index in [-0.39, 0.29) is 24.4 Å². The normalized spacial score (nSPS) is 23.0. The molecule has 4 nitrogen and oxygen atoms in total. The highest BCUT2D eigenvalue weighted by molar-refractivity contribution is 5.82. The third-order valence-electron chi connectivity index (χ3n) is 3.53. The SMILES string of the molecule is CN1C[C@@H](C(=O)O)[C@H](c2cc(F)c(F)cc2F)CC1=O. The molecule has 1 aliphatic heterocycles. The molecule has 1 aliphatic rings. The fraction of sp³-hybridized carbons (Fsp3) is 0.385. The first-order chi connectivity index (χ1) is 9.31. The van der Waals surface area contributed by atoms with E-state index in [1.807, 2.05) is 0 Å². The second-order valence-electron chi connectivity index (χ2n) is 4.82. The Morgan fingerprint density at radius 2 is 1.85 bits per heavy atom.